The minimum absolute atomic E-state index is 0.0368. The first-order valence-electron chi connectivity index (χ1n) is 8.39. The lowest BCUT2D eigenvalue weighted by atomic mass is 10.0. The topological polar surface area (TPSA) is 98.9 Å². The molecule has 1 aromatic heterocycles. The number of ether oxygens (including phenoxy) is 2. The molecule has 0 aliphatic carbocycles. The van der Waals surface area contributed by atoms with E-state index in [1.54, 1.807) is 12.1 Å². The molecule has 0 aliphatic heterocycles. The number of aliphatic hydroxyl groups is 1. The molecular weight excluding hydrogens is 409 g/mol. The summed E-state index contributed by atoms with van der Waals surface area (Å²) in [5.74, 6) is -1.94. The summed E-state index contributed by atoms with van der Waals surface area (Å²) in [6.45, 7) is 5.67. The number of hydrogen-bond acceptors (Lipinski definition) is 7. The first-order valence-corrected chi connectivity index (χ1v) is 9.14. The van der Waals surface area contributed by atoms with Crippen LogP contribution in [0, 0.1) is 0 Å². The second-order valence-electron chi connectivity index (χ2n) is 5.80. The summed E-state index contributed by atoms with van der Waals surface area (Å²) in [5.41, 5.74) is -0.104. The van der Waals surface area contributed by atoms with Crippen LogP contribution in [0.5, 0.6) is 0 Å². The van der Waals surface area contributed by atoms with Crippen LogP contribution in [0.2, 0.25) is 10.0 Å². The third-order valence-electron chi connectivity index (χ3n) is 3.87. The maximum Gasteiger partial charge on any atom is 0.343 e. The number of aliphatic hydroxyl groups excluding tert-OH is 1. The minimum atomic E-state index is -1.66. The second-order valence-corrected chi connectivity index (χ2v) is 6.65. The molecule has 1 unspecified atom stereocenters. The van der Waals surface area contributed by atoms with Crippen molar-refractivity contribution in [2.45, 2.75) is 25.9 Å². The first-order chi connectivity index (χ1) is 13.3. The van der Waals surface area contributed by atoms with Gasteiger partial charge in [0.05, 0.1) is 24.3 Å². The Labute approximate surface area is 171 Å². The van der Waals surface area contributed by atoms with Crippen LogP contribution < -0.4 is 0 Å². The van der Waals surface area contributed by atoms with Crippen molar-refractivity contribution in [1.29, 1.82) is 0 Å². The van der Waals surface area contributed by atoms with Crippen LogP contribution in [0.4, 0.5) is 0 Å². The Morgan fingerprint density at radius 1 is 1.36 bits per heavy atom. The van der Waals surface area contributed by atoms with Gasteiger partial charge in [0.1, 0.15) is 17.4 Å². The number of hydrogen-bond donors (Lipinski definition) is 1. The molecule has 0 fully saturated rings. The first kappa shape index (κ1) is 21.9. The lowest BCUT2D eigenvalue weighted by Gasteiger charge is -2.12. The monoisotopic (exact) mass is 427 g/mol. The molecule has 0 radical (unpaired) electrons. The molecule has 0 saturated heterocycles. The van der Waals surface area contributed by atoms with Crippen LogP contribution in [0.25, 0.3) is 11.3 Å². The average Bonchev–Trinajstić information content (AvgIpc) is 3.11. The molecule has 1 N–H and O–H groups in total. The summed E-state index contributed by atoms with van der Waals surface area (Å²) >= 11 is 12.1. The van der Waals surface area contributed by atoms with E-state index in [1.807, 2.05) is 6.92 Å². The molecular formula is C19H19Cl2NO6. The molecule has 0 bridgehead atoms. The van der Waals surface area contributed by atoms with E-state index in [0.717, 1.165) is 13.5 Å². The zero-order chi connectivity index (χ0) is 20.8. The van der Waals surface area contributed by atoms with Crippen molar-refractivity contribution in [1.82, 2.24) is 5.16 Å². The number of benzene rings is 1. The van der Waals surface area contributed by atoms with E-state index in [-0.39, 0.29) is 34.2 Å². The number of nitrogens with zero attached hydrogens (tertiary/aromatic N) is 1. The van der Waals surface area contributed by atoms with Crippen molar-refractivity contribution in [2.75, 3.05) is 13.7 Å². The summed E-state index contributed by atoms with van der Waals surface area (Å²) < 4.78 is 14.9. The quantitative estimate of drug-likeness (QED) is 0.379. The predicted octanol–water partition coefficient (Wildman–Crippen LogP) is 4.37. The lowest BCUT2D eigenvalue weighted by molar-refractivity contribution is -0.140. The van der Waals surface area contributed by atoms with Crippen LogP contribution in [0.1, 0.15) is 42.0 Å². The number of methoxy groups -OCH3 is 1. The smallest absolute Gasteiger partial charge is 0.343 e. The lowest BCUT2D eigenvalue weighted by Crippen LogP contribution is -2.16. The Hall–Kier alpha value is -2.35. The van der Waals surface area contributed by atoms with Crippen molar-refractivity contribution in [2.24, 2.45) is 0 Å². The van der Waals surface area contributed by atoms with Gasteiger partial charge in [-0.1, -0.05) is 48.3 Å². The Balaban J connectivity index is 2.42. The predicted molar refractivity (Wildman–Crippen MR) is 103 cm³/mol. The van der Waals surface area contributed by atoms with Gasteiger partial charge in [-0.15, -0.1) is 0 Å². The molecule has 28 heavy (non-hydrogen) atoms. The van der Waals surface area contributed by atoms with Gasteiger partial charge in [-0.3, -0.25) is 0 Å². The van der Waals surface area contributed by atoms with Crippen LogP contribution in [0.3, 0.4) is 0 Å². The van der Waals surface area contributed by atoms with E-state index in [4.69, 9.17) is 37.2 Å². The highest BCUT2D eigenvalue weighted by Gasteiger charge is 2.33. The van der Waals surface area contributed by atoms with Crippen LogP contribution in [0.15, 0.2) is 34.9 Å². The minimum Gasteiger partial charge on any atom is -0.465 e. The van der Waals surface area contributed by atoms with E-state index >= 15 is 0 Å². The Morgan fingerprint density at radius 2 is 2.07 bits per heavy atom. The van der Waals surface area contributed by atoms with E-state index in [1.165, 1.54) is 6.07 Å². The van der Waals surface area contributed by atoms with Gasteiger partial charge in [0.25, 0.3) is 0 Å². The fourth-order valence-electron chi connectivity index (χ4n) is 2.33. The number of esters is 2. The summed E-state index contributed by atoms with van der Waals surface area (Å²) in [5, 5.41) is 14.9. The van der Waals surface area contributed by atoms with Gasteiger partial charge in [-0.05, 0) is 24.6 Å². The summed E-state index contributed by atoms with van der Waals surface area (Å²) in [6, 6.07) is 4.56. The third-order valence-corrected chi connectivity index (χ3v) is 4.41. The largest absolute Gasteiger partial charge is 0.465 e. The number of unbranched alkanes of at least 4 members (excludes halogenated alkanes) is 1. The summed E-state index contributed by atoms with van der Waals surface area (Å²) in [7, 11) is 1.16. The van der Waals surface area contributed by atoms with Gasteiger partial charge >= 0.3 is 11.9 Å². The third kappa shape index (κ3) is 4.73. The maximum atomic E-state index is 12.3. The molecule has 9 heteroatoms. The van der Waals surface area contributed by atoms with Gasteiger partial charge in [-0.2, -0.15) is 0 Å². The maximum absolute atomic E-state index is 12.3. The van der Waals surface area contributed by atoms with Gasteiger partial charge in [0, 0.05) is 10.6 Å². The van der Waals surface area contributed by atoms with E-state index in [0.29, 0.717) is 17.0 Å². The van der Waals surface area contributed by atoms with E-state index in [2.05, 4.69) is 11.7 Å². The van der Waals surface area contributed by atoms with Gasteiger partial charge < -0.3 is 19.1 Å². The van der Waals surface area contributed by atoms with Crippen molar-refractivity contribution in [3.63, 3.8) is 0 Å². The Kier molecular flexibility index (Phi) is 7.62. The zero-order valence-electron chi connectivity index (χ0n) is 15.3. The molecule has 150 valence electrons. The fourth-order valence-corrected chi connectivity index (χ4v) is 2.82. The second kappa shape index (κ2) is 9.73. The highest BCUT2D eigenvalue weighted by molar-refractivity contribution is 6.36. The summed E-state index contributed by atoms with van der Waals surface area (Å²) in [6.07, 6.45) is -0.151. The van der Waals surface area contributed by atoms with Crippen molar-refractivity contribution < 1.29 is 28.7 Å². The number of rotatable bonds is 8. The SMILES string of the molecule is C=C(C(=O)OCCCC)C(O)c1onc(-c2ccc(Cl)cc2Cl)c1C(=O)OC. The van der Waals surface area contributed by atoms with Gasteiger partial charge in [0.2, 0.25) is 0 Å². The number of carbonyl (C=O) groups excluding carboxylic acids is 2. The van der Waals surface area contributed by atoms with E-state index in [9.17, 15) is 14.7 Å². The number of carbonyl (C=O) groups is 2. The van der Waals surface area contributed by atoms with Crippen LogP contribution in [-0.2, 0) is 14.3 Å². The molecule has 7 nitrogen and oxygen atoms in total. The molecule has 1 aromatic carbocycles. The fraction of sp³-hybridized carbons (Fsp3) is 0.316. The molecule has 1 atom stereocenters. The van der Waals surface area contributed by atoms with Crippen molar-refractivity contribution in [3.8, 4) is 11.3 Å². The Bertz CT molecular complexity index is 893. The average molecular weight is 428 g/mol. The molecule has 0 aliphatic rings. The molecule has 0 saturated carbocycles. The van der Waals surface area contributed by atoms with Gasteiger partial charge in [0.15, 0.2) is 5.76 Å². The van der Waals surface area contributed by atoms with Crippen LogP contribution in [-0.4, -0.2) is 35.9 Å². The van der Waals surface area contributed by atoms with Crippen LogP contribution >= 0.6 is 23.2 Å². The molecule has 0 spiro atoms. The number of aromatic nitrogens is 1. The van der Waals surface area contributed by atoms with Gasteiger partial charge in [-0.25, -0.2) is 9.59 Å². The molecule has 2 rings (SSSR count). The normalized spacial score (nSPS) is 11.8. The standard InChI is InChI=1S/C19H19Cl2NO6/c1-4-5-8-27-18(24)10(2)16(23)17-14(19(25)26-3)15(22-28-17)12-7-6-11(20)9-13(12)21/h6-7,9,16,23H,2,4-5,8H2,1,3H3. The zero-order valence-corrected chi connectivity index (χ0v) is 16.8. The molecule has 0 amide bonds. The van der Waals surface area contributed by atoms with Crippen molar-refractivity contribution >= 4 is 35.1 Å². The van der Waals surface area contributed by atoms with E-state index < -0.39 is 18.0 Å². The molecule has 2 aromatic rings. The number of halogens is 2. The van der Waals surface area contributed by atoms with Crippen molar-refractivity contribution in [3.05, 3.63) is 51.7 Å². The molecule has 1 heterocycles. The Morgan fingerprint density at radius 3 is 2.68 bits per heavy atom. The summed E-state index contributed by atoms with van der Waals surface area (Å²) in [4.78, 5) is 24.4. The highest BCUT2D eigenvalue weighted by atomic mass is 35.5. The highest BCUT2D eigenvalue weighted by Crippen LogP contribution is 2.36.